The lowest BCUT2D eigenvalue weighted by molar-refractivity contribution is -0.112. The average molecular weight is 521 g/mol. The van der Waals surface area contributed by atoms with Crippen LogP contribution in [0.5, 0.6) is 11.5 Å². The molecular weight excluding hydrogens is 496 g/mol. The summed E-state index contributed by atoms with van der Waals surface area (Å²) in [5.41, 5.74) is 1.34. The molecule has 0 atom stereocenters. The molecule has 0 radical (unpaired) electrons. The first-order valence-corrected chi connectivity index (χ1v) is 12.5. The molecular formula is C27H24N2O7S. The van der Waals surface area contributed by atoms with Gasteiger partial charge in [-0.1, -0.05) is 29.8 Å². The van der Waals surface area contributed by atoms with Crippen LogP contribution in [0.3, 0.4) is 0 Å². The number of hydrogen-bond donors (Lipinski definition) is 1. The summed E-state index contributed by atoms with van der Waals surface area (Å²) in [7, 11) is -2.90. The summed E-state index contributed by atoms with van der Waals surface area (Å²) < 4.78 is 41.4. The molecule has 190 valence electrons. The van der Waals surface area contributed by atoms with Crippen LogP contribution in [0.15, 0.2) is 77.2 Å². The van der Waals surface area contributed by atoms with Crippen molar-refractivity contribution in [1.82, 2.24) is 0 Å². The molecule has 0 fully saturated rings. The molecule has 3 rings (SSSR count). The molecule has 0 saturated carbocycles. The maximum atomic E-state index is 12.9. The van der Waals surface area contributed by atoms with Crippen molar-refractivity contribution >= 4 is 33.8 Å². The topological polar surface area (TPSA) is 132 Å². The molecule has 0 saturated heterocycles. The second-order valence-electron chi connectivity index (χ2n) is 7.65. The van der Waals surface area contributed by atoms with Crippen molar-refractivity contribution in [1.29, 1.82) is 5.26 Å². The fraction of sp³-hybridized carbons (Fsp3) is 0.148. The molecule has 0 aliphatic heterocycles. The molecule has 0 aliphatic rings. The van der Waals surface area contributed by atoms with Gasteiger partial charge in [-0.05, 0) is 62.4 Å². The van der Waals surface area contributed by atoms with E-state index in [0.717, 1.165) is 5.56 Å². The van der Waals surface area contributed by atoms with Crippen LogP contribution >= 0.6 is 0 Å². The smallest absolute Gasteiger partial charge is 0.339 e. The number of aryl methyl sites for hydroxylation is 1. The van der Waals surface area contributed by atoms with E-state index in [4.69, 9.17) is 13.7 Å². The summed E-state index contributed by atoms with van der Waals surface area (Å²) >= 11 is 0. The summed E-state index contributed by atoms with van der Waals surface area (Å²) in [6.45, 7) is 3.75. The van der Waals surface area contributed by atoms with E-state index in [2.05, 4.69) is 5.32 Å². The molecule has 0 spiro atoms. The zero-order chi connectivity index (χ0) is 27.0. The van der Waals surface area contributed by atoms with E-state index in [0.29, 0.717) is 11.3 Å². The van der Waals surface area contributed by atoms with Crippen LogP contribution in [0, 0.1) is 18.3 Å². The number of para-hydroxylation sites is 1. The molecule has 1 N–H and O–H groups in total. The first kappa shape index (κ1) is 27.0. The van der Waals surface area contributed by atoms with Crippen LogP contribution in [0.2, 0.25) is 0 Å². The number of nitriles is 1. The lowest BCUT2D eigenvalue weighted by atomic mass is 10.1. The van der Waals surface area contributed by atoms with Gasteiger partial charge in [0.05, 0.1) is 19.3 Å². The van der Waals surface area contributed by atoms with Crippen LogP contribution in [0.25, 0.3) is 6.08 Å². The largest absolute Gasteiger partial charge is 0.493 e. The predicted octanol–water partition coefficient (Wildman–Crippen LogP) is 4.49. The van der Waals surface area contributed by atoms with Gasteiger partial charge in [0.25, 0.3) is 5.91 Å². The zero-order valence-corrected chi connectivity index (χ0v) is 21.2. The van der Waals surface area contributed by atoms with Gasteiger partial charge in [0.2, 0.25) is 0 Å². The Bertz CT molecular complexity index is 1470. The number of rotatable bonds is 9. The summed E-state index contributed by atoms with van der Waals surface area (Å²) in [6.07, 6.45) is 1.20. The standard InChI is InChI=1S/C27H24N2O7S/c1-4-35-27(31)19-10-12-22(13-11-19)29-26(30)21(17-28)16-20-6-5-7-24(34-3)25(20)36-37(32,33)23-14-8-18(2)9-15-23/h5-16H,4H2,1-3H3,(H,29,30)/b21-16+. The number of anilines is 1. The first-order chi connectivity index (χ1) is 17.7. The molecule has 0 unspecified atom stereocenters. The molecule has 0 bridgehead atoms. The van der Waals surface area contributed by atoms with Crippen LogP contribution < -0.4 is 14.2 Å². The summed E-state index contributed by atoms with van der Waals surface area (Å²) in [6, 6.07) is 18.4. The van der Waals surface area contributed by atoms with E-state index in [1.165, 1.54) is 61.7 Å². The number of ether oxygens (including phenoxy) is 2. The highest BCUT2D eigenvalue weighted by Gasteiger charge is 2.22. The Morgan fingerprint density at radius 3 is 2.30 bits per heavy atom. The quantitative estimate of drug-likeness (QED) is 0.189. The Kier molecular flexibility index (Phi) is 8.66. The minimum Gasteiger partial charge on any atom is -0.493 e. The number of methoxy groups -OCH3 is 1. The number of nitrogens with one attached hydrogen (secondary N) is 1. The van der Waals surface area contributed by atoms with Crippen molar-refractivity contribution in [2.75, 3.05) is 19.0 Å². The SMILES string of the molecule is CCOC(=O)c1ccc(NC(=O)/C(C#N)=C/c2cccc(OC)c2OS(=O)(=O)c2ccc(C)cc2)cc1. The van der Waals surface area contributed by atoms with Crippen molar-refractivity contribution in [2.45, 2.75) is 18.7 Å². The number of carbonyl (C=O) groups is 2. The predicted molar refractivity (Wildman–Crippen MR) is 137 cm³/mol. The average Bonchev–Trinajstić information content (AvgIpc) is 2.88. The third-order valence-corrected chi connectivity index (χ3v) is 6.29. The monoisotopic (exact) mass is 520 g/mol. The molecule has 3 aromatic carbocycles. The Morgan fingerprint density at radius 2 is 1.70 bits per heavy atom. The number of nitrogens with zero attached hydrogens (tertiary/aromatic N) is 1. The Labute approximate surface area is 215 Å². The lowest BCUT2D eigenvalue weighted by Gasteiger charge is -2.14. The van der Waals surface area contributed by atoms with Crippen molar-refractivity contribution in [3.8, 4) is 17.6 Å². The Balaban J connectivity index is 1.90. The van der Waals surface area contributed by atoms with Crippen LogP contribution in [-0.4, -0.2) is 34.0 Å². The molecule has 37 heavy (non-hydrogen) atoms. The lowest BCUT2D eigenvalue weighted by Crippen LogP contribution is -2.14. The van der Waals surface area contributed by atoms with Gasteiger partial charge in [-0.25, -0.2) is 4.79 Å². The molecule has 3 aromatic rings. The molecule has 1 amide bonds. The van der Waals surface area contributed by atoms with Gasteiger partial charge < -0.3 is 19.0 Å². The number of hydrogen-bond acceptors (Lipinski definition) is 8. The second kappa shape index (κ2) is 11.9. The van der Waals surface area contributed by atoms with Gasteiger partial charge in [-0.3, -0.25) is 4.79 Å². The fourth-order valence-corrected chi connectivity index (χ4v) is 4.13. The molecule has 0 aromatic heterocycles. The summed E-state index contributed by atoms with van der Waals surface area (Å²) in [4.78, 5) is 24.5. The van der Waals surface area contributed by atoms with E-state index in [9.17, 15) is 23.3 Å². The van der Waals surface area contributed by atoms with Gasteiger partial charge in [0, 0.05) is 11.3 Å². The van der Waals surface area contributed by atoms with Gasteiger partial charge in [0.15, 0.2) is 11.5 Å². The second-order valence-corrected chi connectivity index (χ2v) is 9.20. The Hall–Kier alpha value is -4.62. The van der Waals surface area contributed by atoms with Crippen LogP contribution in [0.4, 0.5) is 5.69 Å². The van der Waals surface area contributed by atoms with Crippen LogP contribution in [0.1, 0.15) is 28.4 Å². The highest BCUT2D eigenvalue weighted by Crippen LogP contribution is 2.35. The zero-order valence-electron chi connectivity index (χ0n) is 20.3. The maximum Gasteiger partial charge on any atom is 0.339 e. The van der Waals surface area contributed by atoms with E-state index in [-0.39, 0.29) is 34.1 Å². The maximum absolute atomic E-state index is 12.9. The minimum atomic E-state index is -4.24. The van der Waals surface area contributed by atoms with E-state index >= 15 is 0 Å². The Morgan fingerprint density at radius 1 is 1.03 bits per heavy atom. The van der Waals surface area contributed by atoms with Crippen LogP contribution in [-0.2, 0) is 19.6 Å². The van der Waals surface area contributed by atoms with Crippen molar-refractivity contribution in [3.05, 3.63) is 89.0 Å². The third kappa shape index (κ3) is 6.74. The van der Waals surface area contributed by atoms with Gasteiger partial charge in [-0.15, -0.1) is 0 Å². The third-order valence-electron chi connectivity index (χ3n) is 5.05. The highest BCUT2D eigenvalue weighted by atomic mass is 32.2. The number of amides is 1. The normalized spacial score (nSPS) is 11.2. The molecule has 0 aliphatic carbocycles. The summed E-state index contributed by atoms with van der Waals surface area (Å²) in [5.74, 6) is -1.33. The van der Waals surface area contributed by atoms with Gasteiger partial charge >= 0.3 is 16.1 Å². The molecule has 0 heterocycles. The highest BCUT2D eigenvalue weighted by molar-refractivity contribution is 7.87. The fourth-order valence-electron chi connectivity index (χ4n) is 3.17. The number of carbonyl (C=O) groups excluding carboxylic acids is 2. The number of benzene rings is 3. The van der Waals surface area contributed by atoms with Gasteiger partial charge in [0.1, 0.15) is 16.5 Å². The van der Waals surface area contributed by atoms with Crippen molar-refractivity contribution in [2.24, 2.45) is 0 Å². The van der Waals surface area contributed by atoms with Crippen molar-refractivity contribution in [3.63, 3.8) is 0 Å². The van der Waals surface area contributed by atoms with Gasteiger partial charge in [-0.2, -0.15) is 13.7 Å². The molecule has 9 nitrogen and oxygen atoms in total. The first-order valence-electron chi connectivity index (χ1n) is 11.1. The minimum absolute atomic E-state index is 0.0662. The molecule has 10 heteroatoms. The van der Waals surface area contributed by atoms with E-state index in [1.54, 1.807) is 25.1 Å². The van der Waals surface area contributed by atoms with Crippen molar-refractivity contribution < 1.29 is 31.7 Å². The van der Waals surface area contributed by atoms with E-state index < -0.39 is 22.0 Å². The summed E-state index contributed by atoms with van der Waals surface area (Å²) in [5, 5.41) is 12.2. The number of esters is 1. The van der Waals surface area contributed by atoms with E-state index in [1.807, 2.05) is 13.0 Å².